The number of nitrogens with one attached hydrogen (secondary N) is 2. The Morgan fingerprint density at radius 3 is 3.19 bits per heavy atom. The van der Waals surface area contributed by atoms with Gasteiger partial charge in [0.05, 0.1) is 6.20 Å². The molecule has 2 saturated heterocycles. The van der Waals surface area contributed by atoms with Gasteiger partial charge in [0.2, 0.25) is 11.9 Å². The average Bonchev–Trinajstić information content (AvgIpc) is 2.49. The Bertz CT molecular complexity index is 538. The highest BCUT2D eigenvalue weighted by molar-refractivity contribution is 5.77. The van der Waals surface area contributed by atoms with Gasteiger partial charge in [0.25, 0.3) is 0 Å². The highest BCUT2D eigenvalue weighted by atomic mass is 19.1. The summed E-state index contributed by atoms with van der Waals surface area (Å²) in [5, 5.41) is 6.04. The summed E-state index contributed by atoms with van der Waals surface area (Å²) >= 11 is 0. The summed E-state index contributed by atoms with van der Waals surface area (Å²) < 4.78 is 14.0. The number of fused-ring (bicyclic) bond motifs is 1. The molecule has 6 nitrogen and oxygen atoms in total. The van der Waals surface area contributed by atoms with Crippen molar-refractivity contribution in [1.82, 2.24) is 15.3 Å². The number of halogens is 1. The van der Waals surface area contributed by atoms with Crippen LogP contribution >= 0.6 is 0 Å². The van der Waals surface area contributed by atoms with Crippen molar-refractivity contribution in [3.63, 3.8) is 0 Å². The van der Waals surface area contributed by atoms with Gasteiger partial charge in [-0.1, -0.05) is 0 Å². The predicted octanol–water partition coefficient (Wildman–Crippen LogP) is 1.15. The number of piperidine rings is 2. The van der Waals surface area contributed by atoms with Crippen LogP contribution < -0.4 is 15.5 Å². The zero-order valence-corrected chi connectivity index (χ0v) is 12.1. The molecule has 0 saturated carbocycles. The Morgan fingerprint density at radius 2 is 2.38 bits per heavy atom. The molecule has 114 valence electrons. The Hall–Kier alpha value is -1.92. The van der Waals surface area contributed by atoms with Gasteiger partial charge < -0.3 is 15.5 Å². The molecule has 7 heteroatoms. The van der Waals surface area contributed by atoms with E-state index < -0.39 is 5.82 Å². The van der Waals surface area contributed by atoms with E-state index in [1.807, 2.05) is 11.8 Å². The average molecular weight is 293 g/mol. The Balaban J connectivity index is 1.76. The lowest BCUT2D eigenvalue weighted by molar-refractivity contribution is -0.124. The first kappa shape index (κ1) is 14.0. The van der Waals surface area contributed by atoms with E-state index in [0.29, 0.717) is 37.2 Å². The Labute approximate surface area is 123 Å². The highest BCUT2D eigenvalue weighted by Crippen LogP contribution is 2.29. The molecular formula is C14H20FN5O. The number of carbonyl (C=O) groups is 1. The van der Waals surface area contributed by atoms with Gasteiger partial charge in [-0.2, -0.15) is 4.98 Å². The summed E-state index contributed by atoms with van der Waals surface area (Å²) in [5.41, 5.74) is 0. The smallest absolute Gasteiger partial charge is 0.224 e. The molecule has 2 fully saturated rings. The molecule has 2 aliphatic heterocycles. The highest BCUT2D eigenvalue weighted by Gasteiger charge is 2.34. The van der Waals surface area contributed by atoms with Gasteiger partial charge in [-0.3, -0.25) is 4.79 Å². The molecule has 2 unspecified atom stereocenters. The van der Waals surface area contributed by atoms with E-state index in [1.165, 1.54) is 6.20 Å². The molecule has 2 N–H and O–H groups in total. The number of amides is 1. The van der Waals surface area contributed by atoms with E-state index in [2.05, 4.69) is 20.6 Å². The van der Waals surface area contributed by atoms with Crippen molar-refractivity contribution in [3.05, 3.63) is 12.0 Å². The van der Waals surface area contributed by atoms with E-state index in [1.54, 1.807) is 0 Å². The van der Waals surface area contributed by atoms with Crippen molar-refractivity contribution in [1.29, 1.82) is 0 Å². The minimum Gasteiger partial charge on any atom is -0.354 e. The lowest BCUT2D eigenvalue weighted by Crippen LogP contribution is -2.54. The molecular weight excluding hydrogens is 273 g/mol. The largest absolute Gasteiger partial charge is 0.354 e. The zero-order chi connectivity index (χ0) is 14.8. The van der Waals surface area contributed by atoms with Gasteiger partial charge in [-0.25, -0.2) is 9.37 Å². The topological polar surface area (TPSA) is 70.2 Å². The van der Waals surface area contributed by atoms with Crippen LogP contribution in [0.5, 0.6) is 0 Å². The van der Waals surface area contributed by atoms with Gasteiger partial charge in [0, 0.05) is 32.1 Å². The number of carbonyl (C=O) groups excluding carboxylic acids is 1. The second-order valence-electron chi connectivity index (χ2n) is 5.60. The van der Waals surface area contributed by atoms with Crippen LogP contribution in [0.25, 0.3) is 0 Å². The van der Waals surface area contributed by atoms with Crippen molar-refractivity contribution in [2.45, 2.75) is 32.2 Å². The maximum absolute atomic E-state index is 14.0. The van der Waals surface area contributed by atoms with Gasteiger partial charge in [0.15, 0.2) is 11.6 Å². The Morgan fingerprint density at radius 1 is 1.52 bits per heavy atom. The summed E-state index contributed by atoms with van der Waals surface area (Å²) in [5.74, 6) is 0.917. The van der Waals surface area contributed by atoms with Crippen LogP contribution in [0.2, 0.25) is 0 Å². The van der Waals surface area contributed by atoms with Gasteiger partial charge in [0.1, 0.15) is 0 Å². The summed E-state index contributed by atoms with van der Waals surface area (Å²) in [6, 6.07) is 0.223. The number of aromatic nitrogens is 2. The molecule has 1 aromatic heterocycles. The van der Waals surface area contributed by atoms with Crippen molar-refractivity contribution in [2.24, 2.45) is 5.92 Å². The van der Waals surface area contributed by atoms with Crippen LogP contribution in [-0.2, 0) is 4.79 Å². The van der Waals surface area contributed by atoms with E-state index in [0.717, 1.165) is 19.4 Å². The van der Waals surface area contributed by atoms with Crippen molar-refractivity contribution in [2.75, 3.05) is 29.9 Å². The molecule has 1 aromatic rings. The second kappa shape index (κ2) is 5.83. The second-order valence-corrected chi connectivity index (χ2v) is 5.60. The molecule has 3 rings (SSSR count). The van der Waals surface area contributed by atoms with Crippen LogP contribution in [0.15, 0.2) is 6.20 Å². The number of anilines is 2. The van der Waals surface area contributed by atoms with Crippen LogP contribution in [-0.4, -0.2) is 41.6 Å². The first-order chi connectivity index (χ1) is 10.2. The quantitative estimate of drug-likeness (QED) is 0.875. The van der Waals surface area contributed by atoms with Crippen molar-refractivity contribution in [3.8, 4) is 0 Å². The van der Waals surface area contributed by atoms with E-state index in [9.17, 15) is 9.18 Å². The normalized spacial score (nSPS) is 25.2. The zero-order valence-electron chi connectivity index (χ0n) is 12.1. The number of hydrogen-bond acceptors (Lipinski definition) is 5. The predicted molar refractivity (Wildman–Crippen MR) is 77.6 cm³/mol. The fourth-order valence-corrected chi connectivity index (χ4v) is 3.13. The number of hydrogen-bond donors (Lipinski definition) is 2. The Kier molecular flexibility index (Phi) is 3.90. The lowest BCUT2D eigenvalue weighted by Gasteiger charge is -2.41. The molecule has 0 radical (unpaired) electrons. The molecule has 2 atom stereocenters. The van der Waals surface area contributed by atoms with Crippen LogP contribution in [0.3, 0.4) is 0 Å². The molecule has 2 aliphatic rings. The maximum Gasteiger partial charge on any atom is 0.224 e. The third-order valence-corrected chi connectivity index (χ3v) is 4.18. The standard InChI is InChI=1S/C14H20FN5O/c1-2-16-14-17-7-10(15)13(19-14)20-6-5-11-9(8-20)3-4-12(21)18-11/h7,9,11H,2-6,8H2,1H3,(H,18,21)(H,16,17,19). The fraction of sp³-hybridized carbons (Fsp3) is 0.643. The minimum absolute atomic E-state index is 0.132. The van der Waals surface area contributed by atoms with Crippen molar-refractivity contribution >= 4 is 17.7 Å². The van der Waals surface area contributed by atoms with Gasteiger partial charge in [-0.15, -0.1) is 0 Å². The monoisotopic (exact) mass is 293 g/mol. The molecule has 0 spiro atoms. The van der Waals surface area contributed by atoms with Gasteiger partial charge in [-0.05, 0) is 25.7 Å². The number of rotatable bonds is 3. The lowest BCUT2D eigenvalue weighted by atomic mass is 9.85. The summed E-state index contributed by atoms with van der Waals surface area (Å²) in [6.07, 6.45) is 3.47. The van der Waals surface area contributed by atoms with E-state index >= 15 is 0 Å². The fourth-order valence-electron chi connectivity index (χ4n) is 3.13. The van der Waals surface area contributed by atoms with Crippen LogP contribution in [0.4, 0.5) is 16.2 Å². The summed E-state index contributed by atoms with van der Waals surface area (Å²) in [7, 11) is 0. The maximum atomic E-state index is 14.0. The van der Waals surface area contributed by atoms with Gasteiger partial charge >= 0.3 is 0 Å². The minimum atomic E-state index is -0.394. The summed E-state index contributed by atoms with van der Waals surface area (Å²) in [6.45, 7) is 4.07. The summed E-state index contributed by atoms with van der Waals surface area (Å²) in [4.78, 5) is 21.6. The molecule has 1 amide bonds. The number of nitrogens with zero attached hydrogens (tertiary/aromatic N) is 3. The van der Waals surface area contributed by atoms with E-state index in [4.69, 9.17) is 0 Å². The SMILES string of the molecule is CCNc1ncc(F)c(N2CCC3NC(=O)CCC3C2)n1. The third-order valence-electron chi connectivity index (χ3n) is 4.18. The van der Waals surface area contributed by atoms with Crippen molar-refractivity contribution < 1.29 is 9.18 Å². The molecule has 3 heterocycles. The molecule has 0 bridgehead atoms. The first-order valence-electron chi connectivity index (χ1n) is 7.48. The van der Waals surface area contributed by atoms with Crippen LogP contribution in [0, 0.1) is 11.7 Å². The van der Waals surface area contributed by atoms with E-state index in [-0.39, 0.29) is 11.9 Å². The van der Waals surface area contributed by atoms with Crippen LogP contribution in [0.1, 0.15) is 26.2 Å². The molecule has 0 aromatic carbocycles. The molecule has 0 aliphatic carbocycles. The third kappa shape index (κ3) is 2.91. The first-order valence-corrected chi connectivity index (χ1v) is 7.48. The molecule has 21 heavy (non-hydrogen) atoms.